The molecule has 1 aromatic rings. The summed E-state index contributed by atoms with van der Waals surface area (Å²) >= 11 is 0. The number of hydrogen-bond acceptors (Lipinski definition) is 2. The zero-order valence-electron chi connectivity index (χ0n) is 11.9. The Morgan fingerprint density at radius 1 is 1.37 bits per heavy atom. The Morgan fingerprint density at radius 3 is 2.47 bits per heavy atom. The minimum absolute atomic E-state index is 0.0868. The van der Waals surface area contributed by atoms with Crippen LogP contribution in [0.5, 0.6) is 0 Å². The molecule has 0 radical (unpaired) electrons. The van der Waals surface area contributed by atoms with Crippen molar-refractivity contribution in [3.05, 3.63) is 35.1 Å². The van der Waals surface area contributed by atoms with Crippen molar-refractivity contribution in [2.75, 3.05) is 13.1 Å². The highest BCUT2D eigenvalue weighted by molar-refractivity contribution is 5.94. The predicted octanol–water partition coefficient (Wildman–Crippen LogP) is 2.63. The van der Waals surface area contributed by atoms with E-state index in [0.29, 0.717) is 13.1 Å². The third-order valence-corrected chi connectivity index (χ3v) is 3.93. The van der Waals surface area contributed by atoms with Gasteiger partial charge in [0.2, 0.25) is 0 Å². The molecule has 4 heteroatoms. The number of rotatable bonds is 6. The van der Waals surface area contributed by atoms with Gasteiger partial charge >= 0.3 is 0 Å². The molecule has 0 aromatic heterocycles. The average Bonchev–Trinajstić information content (AvgIpc) is 2.40. The van der Waals surface area contributed by atoms with Crippen LogP contribution < -0.4 is 11.1 Å². The highest BCUT2D eigenvalue weighted by atomic mass is 19.1. The van der Waals surface area contributed by atoms with Gasteiger partial charge in [0.1, 0.15) is 5.82 Å². The molecule has 0 atom stereocenters. The third-order valence-electron chi connectivity index (χ3n) is 3.93. The Balaban J connectivity index is 2.75. The third kappa shape index (κ3) is 3.77. The summed E-state index contributed by atoms with van der Waals surface area (Å²) in [6.45, 7) is 6.88. The van der Waals surface area contributed by atoms with Crippen molar-refractivity contribution in [1.29, 1.82) is 0 Å². The van der Waals surface area contributed by atoms with E-state index in [1.807, 2.05) is 0 Å². The van der Waals surface area contributed by atoms with E-state index >= 15 is 0 Å². The Kier molecular flexibility index (Phi) is 5.48. The van der Waals surface area contributed by atoms with Crippen molar-refractivity contribution in [3.63, 3.8) is 0 Å². The van der Waals surface area contributed by atoms with Gasteiger partial charge in [-0.2, -0.15) is 0 Å². The first-order chi connectivity index (χ1) is 8.98. The van der Waals surface area contributed by atoms with Crippen molar-refractivity contribution in [1.82, 2.24) is 5.32 Å². The van der Waals surface area contributed by atoms with Crippen LogP contribution in [0.25, 0.3) is 0 Å². The van der Waals surface area contributed by atoms with Gasteiger partial charge < -0.3 is 11.1 Å². The van der Waals surface area contributed by atoms with E-state index in [9.17, 15) is 9.18 Å². The number of nitrogens with one attached hydrogen (secondary N) is 1. The molecule has 106 valence electrons. The smallest absolute Gasteiger partial charge is 0.254 e. The van der Waals surface area contributed by atoms with Crippen LogP contribution in [0.3, 0.4) is 0 Å². The number of halogens is 1. The molecular formula is C15H23FN2O. The Bertz CT molecular complexity index is 434. The van der Waals surface area contributed by atoms with Gasteiger partial charge in [-0.05, 0) is 49.4 Å². The highest BCUT2D eigenvalue weighted by Crippen LogP contribution is 2.23. The first kappa shape index (κ1) is 15.6. The maximum atomic E-state index is 13.7. The quantitative estimate of drug-likeness (QED) is 0.831. The first-order valence-electron chi connectivity index (χ1n) is 6.72. The molecular weight excluding hydrogens is 243 g/mol. The summed E-state index contributed by atoms with van der Waals surface area (Å²) in [4.78, 5) is 12.0. The van der Waals surface area contributed by atoms with Gasteiger partial charge in [0.15, 0.2) is 0 Å². The van der Waals surface area contributed by atoms with Crippen LogP contribution in [0, 0.1) is 18.2 Å². The van der Waals surface area contributed by atoms with E-state index in [2.05, 4.69) is 19.2 Å². The minimum Gasteiger partial charge on any atom is -0.351 e. The average molecular weight is 266 g/mol. The molecule has 0 heterocycles. The first-order valence-corrected chi connectivity index (χ1v) is 6.72. The largest absolute Gasteiger partial charge is 0.351 e. The number of carbonyl (C=O) groups is 1. The normalized spacial score (nSPS) is 11.4. The van der Waals surface area contributed by atoms with Crippen LogP contribution >= 0.6 is 0 Å². The van der Waals surface area contributed by atoms with Gasteiger partial charge in [-0.15, -0.1) is 0 Å². The molecule has 0 spiro atoms. The molecule has 3 nitrogen and oxygen atoms in total. The Labute approximate surface area is 114 Å². The van der Waals surface area contributed by atoms with Gasteiger partial charge in [-0.3, -0.25) is 4.79 Å². The highest BCUT2D eigenvalue weighted by Gasteiger charge is 2.25. The van der Waals surface area contributed by atoms with Crippen LogP contribution in [-0.4, -0.2) is 19.0 Å². The summed E-state index contributed by atoms with van der Waals surface area (Å²) in [6, 6.07) is 4.61. The summed E-state index contributed by atoms with van der Waals surface area (Å²) < 4.78 is 13.7. The molecule has 0 fully saturated rings. The molecule has 0 unspecified atom stereocenters. The number of hydrogen-bond donors (Lipinski definition) is 2. The van der Waals surface area contributed by atoms with Gasteiger partial charge in [0.05, 0.1) is 5.56 Å². The number of carbonyl (C=O) groups excluding carboxylic acids is 1. The summed E-state index contributed by atoms with van der Waals surface area (Å²) in [5.74, 6) is -0.860. The van der Waals surface area contributed by atoms with Crippen LogP contribution in [0.15, 0.2) is 18.2 Å². The van der Waals surface area contributed by atoms with E-state index in [1.165, 1.54) is 12.1 Å². The lowest BCUT2D eigenvalue weighted by molar-refractivity contribution is 0.0924. The lowest BCUT2D eigenvalue weighted by Gasteiger charge is -2.30. The predicted molar refractivity (Wildman–Crippen MR) is 75.5 cm³/mol. The van der Waals surface area contributed by atoms with Crippen molar-refractivity contribution in [3.8, 4) is 0 Å². The van der Waals surface area contributed by atoms with Crippen LogP contribution in [0.4, 0.5) is 4.39 Å². The lowest BCUT2D eigenvalue weighted by atomic mass is 9.82. The fourth-order valence-corrected chi connectivity index (χ4v) is 2.03. The lowest BCUT2D eigenvalue weighted by Crippen LogP contribution is -2.42. The summed E-state index contributed by atoms with van der Waals surface area (Å²) in [6.07, 6.45) is 1.77. The molecule has 0 bridgehead atoms. The monoisotopic (exact) mass is 266 g/mol. The van der Waals surface area contributed by atoms with Crippen LogP contribution in [-0.2, 0) is 0 Å². The van der Waals surface area contributed by atoms with E-state index in [-0.39, 0.29) is 16.9 Å². The summed E-state index contributed by atoms with van der Waals surface area (Å²) in [5, 5.41) is 2.79. The van der Waals surface area contributed by atoms with Gasteiger partial charge in [0, 0.05) is 6.54 Å². The molecule has 3 N–H and O–H groups in total. The van der Waals surface area contributed by atoms with Crippen LogP contribution in [0.2, 0.25) is 0 Å². The molecule has 1 amide bonds. The maximum absolute atomic E-state index is 13.7. The van der Waals surface area contributed by atoms with E-state index in [0.717, 1.165) is 18.4 Å². The molecule has 1 rings (SSSR count). The summed E-state index contributed by atoms with van der Waals surface area (Å²) in [5.41, 5.74) is 6.56. The number of aryl methyl sites for hydroxylation is 1. The van der Waals surface area contributed by atoms with Crippen molar-refractivity contribution in [2.45, 2.75) is 33.6 Å². The van der Waals surface area contributed by atoms with Crippen molar-refractivity contribution in [2.24, 2.45) is 11.1 Å². The second-order valence-corrected chi connectivity index (χ2v) is 5.08. The fraction of sp³-hybridized carbons (Fsp3) is 0.533. The Hall–Kier alpha value is -1.42. The van der Waals surface area contributed by atoms with Crippen molar-refractivity contribution >= 4 is 5.91 Å². The van der Waals surface area contributed by atoms with E-state index in [4.69, 9.17) is 5.73 Å². The van der Waals surface area contributed by atoms with Gasteiger partial charge in [-0.1, -0.05) is 19.9 Å². The maximum Gasteiger partial charge on any atom is 0.254 e. The number of benzene rings is 1. The molecule has 0 aliphatic heterocycles. The number of amides is 1. The van der Waals surface area contributed by atoms with Gasteiger partial charge in [0.25, 0.3) is 5.91 Å². The standard InChI is InChI=1S/C15H23FN2O/c1-4-15(5-2,9-17)10-18-14(19)12-7-6-11(3)8-13(12)16/h6-8H,4-5,9-10,17H2,1-3H3,(H,18,19). The van der Waals surface area contributed by atoms with Gasteiger partial charge in [-0.25, -0.2) is 4.39 Å². The Morgan fingerprint density at radius 2 is 2.00 bits per heavy atom. The molecule has 19 heavy (non-hydrogen) atoms. The molecule has 1 aromatic carbocycles. The van der Waals surface area contributed by atoms with Crippen LogP contribution in [0.1, 0.15) is 42.6 Å². The SMILES string of the molecule is CCC(CC)(CN)CNC(=O)c1ccc(C)cc1F. The topological polar surface area (TPSA) is 55.1 Å². The van der Waals surface area contributed by atoms with E-state index < -0.39 is 5.82 Å². The zero-order valence-corrected chi connectivity index (χ0v) is 11.9. The fourth-order valence-electron chi connectivity index (χ4n) is 2.03. The molecule has 0 saturated heterocycles. The molecule has 0 aliphatic rings. The minimum atomic E-state index is -0.483. The van der Waals surface area contributed by atoms with Crippen molar-refractivity contribution < 1.29 is 9.18 Å². The second kappa shape index (κ2) is 6.66. The number of nitrogens with two attached hydrogens (primary N) is 1. The zero-order chi connectivity index (χ0) is 14.5. The molecule has 0 aliphatic carbocycles. The second-order valence-electron chi connectivity index (χ2n) is 5.08. The van der Waals surface area contributed by atoms with E-state index in [1.54, 1.807) is 13.0 Å². The molecule has 0 saturated carbocycles. The summed E-state index contributed by atoms with van der Waals surface area (Å²) in [7, 11) is 0.